The molecule has 0 aromatic heterocycles. The number of hydrogen-bond acceptors (Lipinski definition) is 5. The molecule has 0 saturated carbocycles. The zero-order valence-electron chi connectivity index (χ0n) is 10.5. The van der Waals surface area contributed by atoms with E-state index in [0.29, 0.717) is 22.0 Å². The number of halogens is 1. The van der Waals surface area contributed by atoms with Crippen LogP contribution < -0.4 is 5.32 Å². The fourth-order valence-corrected chi connectivity index (χ4v) is 1.87. The molecule has 0 heterocycles. The van der Waals surface area contributed by atoms with Gasteiger partial charge in [-0.2, -0.15) is 10.5 Å². The van der Waals surface area contributed by atoms with Gasteiger partial charge in [0.05, 0.1) is 27.3 Å². The highest BCUT2D eigenvalue weighted by atomic mass is 35.5. The van der Waals surface area contributed by atoms with Crippen LogP contribution in [0, 0.1) is 32.8 Å². The number of hydrogen-bond donors (Lipinski definition) is 1. The Morgan fingerprint density at radius 1 is 1.14 bits per heavy atom. The van der Waals surface area contributed by atoms with Gasteiger partial charge in [-0.25, -0.2) is 0 Å². The number of benzene rings is 2. The minimum Gasteiger partial charge on any atom is -0.354 e. The first-order valence-corrected chi connectivity index (χ1v) is 6.08. The number of rotatable bonds is 3. The van der Waals surface area contributed by atoms with Crippen LogP contribution in [-0.2, 0) is 0 Å². The van der Waals surface area contributed by atoms with Crippen LogP contribution in [0.4, 0.5) is 17.1 Å². The predicted octanol–water partition coefficient (Wildman–Crippen LogP) is 3.74. The van der Waals surface area contributed by atoms with E-state index >= 15 is 0 Å². The maximum atomic E-state index is 10.8. The van der Waals surface area contributed by atoms with Crippen molar-refractivity contribution in [3.63, 3.8) is 0 Å². The third-order valence-electron chi connectivity index (χ3n) is 2.69. The first-order chi connectivity index (χ1) is 10.0. The van der Waals surface area contributed by atoms with E-state index in [4.69, 9.17) is 22.1 Å². The molecule has 6 nitrogen and oxygen atoms in total. The molecule has 0 spiro atoms. The molecule has 0 saturated heterocycles. The van der Waals surface area contributed by atoms with E-state index in [2.05, 4.69) is 5.32 Å². The molecule has 7 heteroatoms. The molecule has 1 N–H and O–H groups in total. The Balaban J connectivity index is 2.39. The third-order valence-corrected chi connectivity index (χ3v) is 3.02. The Kier molecular flexibility index (Phi) is 4.03. The second-order valence-electron chi connectivity index (χ2n) is 4.03. The lowest BCUT2D eigenvalue weighted by molar-refractivity contribution is -0.385. The van der Waals surface area contributed by atoms with Crippen LogP contribution in [0.1, 0.15) is 11.1 Å². The minimum absolute atomic E-state index is 0.0578. The fraction of sp³-hybridized carbons (Fsp3) is 0. The molecule has 0 unspecified atom stereocenters. The monoisotopic (exact) mass is 298 g/mol. The summed E-state index contributed by atoms with van der Waals surface area (Å²) in [5.41, 5.74) is 1.05. The molecule has 0 aliphatic rings. The summed E-state index contributed by atoms with van der Waals surface area (Å²) in [4.78, 5) is 10.1. The molecule has 0 atom stereocenters. The summed E-state index contributed by atoms with van der Waals surface area (Å²) in [7, 11) is 0. The van der Waals surface area contributed by atoms with Gasteiger partial charge < -0.3 is 5.32 Å². The third kappa shape index (κ3) is 3.08. The summed E-state index contributed by atoms with van der Waals surface area (Å²) in [6, 6.07) is 12.5. The molecule has 0 fully saturated rings. The normalized spacial score (nSPS) is 9.48. The van der Waals surface area contributed by atoms with Crippen molar-refractivity contribution in [2.75, 3.05) is 5.32 Å². The van der Waals surface area contributed by atoms with Crippen LogP contribution in [0.5, 0.6) is 0 Å². The first kappa shape index (κ1) is 14.3. The lowest BCUT2D eigenvalue weighted by atomic mass is 10.1. The molecule has 0 aliphatic heterocycles. The standard InChI is InChI=1S/C14H7ClN4O2/c15-12-3-1-9(7-16)5-13(12)18-11-2-4-14(19(20)21)10(6-11)8-17/h1-6,18H. The molecule has 0 bridgehead atoms. The molecule has 2 rings (SSSR count). The van der Waals surface area contributed by atoms with Crippen molar-refractivity contribution < 1.29 is 4.92 Å². The van der Waals surface area contributed by atoms with E-state index in [0.717, 1.165) is 0 Å². The molecule has 2 aromatic carbocycles. The summed E-state index contributed by atoms with van der Waals surface area (Å²) in [6.07, 6.45) is 0. The maximum absolute atomic E-state index is 10.8. The van der Waals surface area contributed by atoms with Gasteiger partial charge in [0, 0.05) is 11.8 Å². The average Bonchev–Trinajstić information content (AvgIpc) is 2.49. The minimum atomic E-state index is -0.619. The van der Waals surface area contributed by atoms with Crippen molar-refractivity contribution in [2.45, 2.75) is 0 Å². The lowest BCUT2D eigenvalue weighted by Gasteiger charge is -2.09. The molecule has 0 aliphatic carbocycles. The quantitative estimate of drug-likeness (QED) is 0.687. The molecular formula is C14H7ClN4O2. The fourth-order valence-electron chi connectivity index (χ4n) is 1.71. The van der Waals surface area contributed by atoms with Gasteiger partial charge in [-0.05, 0) is 30.3 Å². The Hall–Kier alpha value is -3.09. The van der Waals surface area contributed by atoms with Crippen LogP contribution in [0.2, 0.25) is 5.02 Å². The molecule has 0 amide bonds. The van der Waals surface area contributed by atoms with E-state index in [1.807, 2.05) is 6.07 Å². The van der Waals surface area contributed by atoms with Gasteiger partial charge in [0.25, 0.3) is 5.69 Å². The van der Waals surface area contributed by atoms with Crippen molar-refractivity contribution in [3.05, 3.63) is 62.7 Å². The summed E-state index contributed by atoms with van der Waals surface area (Å²) in [5, 5.41) is 31.9. The van der Waals surface area contributed by atoms with Crippen molar-refractivity contribution in [1.82, 2.24) is 0 Å². The first-order valence-electron chi connectivity index (χ1n) is 5.70. The van der Waals surface area contributed by atoms with Crippen molar-refractivity contribution in [3.8, 4) is 12.1 Å². The van der Waals surface area contributed by atoms with Gasteiger partial charge >= 0.3 is 0 Å². The zero-order chi connectivity index (χ0) is 15.4. The number of nitriles is 2. The SMILES string of the molecule is N#Cc1ccc(Cl)c(Nc2ccc([N+](=O)[O-])c(C#N)c2)c1. The van der Waals surface area contributed by atoms with Gasteiger partial charge in [-0.15, -0.1) is 0 Å². The average molecular weight is 299 g/mol. The van der Waals surface area contributed by atoms with Gasteiger partial charge in [-0.3, -0.25) is 10.1 Å². The Morgan fingerprint density at radius 2 is 1.90 bits per heavy atom. The Bertz CT molecular complexity index is 806. The zero-order valence-corrected chi connectivity index (χ0v) is 11.3. The number of nitrogens with one attached hydrogen (secondary N) is 1. The maximum Gasteiger partial charge on any atom is 0.287 e. The van der Waals surface area contributed by atoms with E-state index in [1.165, 1.54) is 18.2 Å². The summed E-state index contributed by atoms with van der Waals surface area (Å²) in [5.74, 6) is 0. The van der Waals surface area contributed by atoms with Crippen molar-refractivity contribution in [1.29, 1.82) is 10.5 Å². The predicted molar refractivity (Wildman–Crippen MR) is 77.3 cm³/mol. The summed E-state index contributed by atoms with van der Waals surface area (Å²) >= 11 is 6.01. The van der Waals surface area contributed by atoms with Gasteiger partial charge in [-0.1, -0.05) is 11.6 Å². The second-order valence-corrected chi connectivity index (χ2v) is 4.44. The number of nitro benzene ring substituents is 1. The van der Waals surface area contributed by atoms with E-state index in [9.17, 15) is 10.1 Å². The van der Waals surface area contributed by atoms with Gasteiger partial charge in [0.15, 0.2) is 0 Å². The van der Waals surface area contributed by atoms with Crippen LogP contribution in [0.25, 0.3) is 0 Å². The molecular weight excluding hydrogens is 292 g/mol. The lowest BCUT2D eigenvalue weighted by Crippen LogP contribution is -1.96. The van der Waals surface area contributed by atoms with Crippen LogP contribution in [-0.4, -0.2) is 4.92 Å². The number of nitrogens with zero attached hydrogens (tertiary/aromatic N) is 3. The van der Waals surface area contributed by atoms with E-state index < -0.39 is 4.92 Å². The Labute approximate surface area is 125 Å². The molecule has 2 aromatic rings. The van der Waals surface area contributed by atoms with Gasteiger partial charge in [0.1, 0.15) is 11.6 Å². The molecule has 21 heavy (non-hydrogen) atoms. The van der Waals surface area contributed by atoms with Crippen LogP contribution >= 0.6 is 11.6 Å². The number of nitro groups is 1. The second kappa shape index (κ2) is 5.91. The van der Waals surface area contributed by atoms with Crippen molar-refractivity contribution in [2.24, 2.45) is 0 Å². The van der Waals surface area contributed by atoms with Gasteiger partial charge in [0.2, 0.25) is 0 Å². The highest BCUT2D eigenvalue weighted by Gasteiger charge is 2.14. The molecule has 0 radical (unpaired) electrons. The highest BCUT2D eigenvalue weighted by Crippen LogP contribution is 2.29. The Morgan fingerprint density at radius 3 is 2.52 bits per heavy atom. The van der Waals surface area contributed by atoms with Crippen LogP contribution in [0.3, 0.4) is 0 Å². The summed E-state index contributed by atoms with van der Waals surface area (Å²) in [6.45, 7) is 0. The number of anilines is 2. The van der Waals surface area contributed by atoms with E-state index in [-0.39, 0.29) is 11.3 Å². The van der Waals surface area contributed by atoms with Crippen LogP contribution in [0.15, 0.2) is 36.4 Å². The van der Waals surface area contributed by atoms with Crippen molar-refractivity contribution >= 4 is 28.7 Å². The highest BCUT2D eigenvalue weighted by molar-refractivity contribution is 6.33. The summed E-state index contributed by atoms with van der Waals surface area (Å²) < 4.78 is 0. The largest absolute Gasteiger partial charge is 0.354 e. The smallest absolute Gasteiger partial charge is 0.287 e. The topological polar surface area (TPSA) is 103 Å². The van der Waals surface area contributed by atoms with E-state index in [1.54, 1.807) is 24.3 Å². The molecule has 102 valence electrons.